The van der Waals surface area contributed by atoms with Crippen molar-refractivity contribution in [1.82, 2.24) is 20.4 Å². The van der Waals surface area contributed by atoms with Crippen molar-refractivity contribution in [2.24, 2.45) is 0 Å². The van der Waals surface area contributed by atoms with E-state index in [2.05, 4.69) is 20.4 Å². The summed E-state index contributed by atoms with van der Waals surface area (Å²) in [4.78, 5) is 32.3. The highest BCUT2D eigenvalue weighted by atomic mass is 16.5. The van der Waals surface area contributed by atoms with Gasteiger partial charge in [0.1, 0.15) is 12.4 Å². The molecule has 9 nitrogen and oxygen atoms in total. The van der Waals surface area contributed by atoms with Gasteiger partial charge in [0.25, 0.3) is 0 Å². The molecule has 0 aliphatic rings. The van der Waals surface area contributed by atoms with Gasteiger partial charge in [0.15, 0.2) is 0 Å². The normalized spacial score (nSPS) is 10.6. The van der Waals surface area contributed by atoms with Crippen molar-refractivity contribution in [2.45, 2.75) is 20.1 Å². The van der Waals surface area contributed by atoms with Crippen molar-refractivity contribution in [2.75, 3.05) is 0 Å². The number of nitrogens with one attached hydrogen (secondary N) is 1. The first-order chi connectivity index (χ1) is 15.1. The van der Waals surface area contributed by atoms with Gasteiger partial charge in [-0.3, -0.25) is 14.6 Å². The molecular weight excluding hydrogens is 400 g/mol. The summed E-state index contributed by atoms with van der Waals surface area (Å²) in [5, 5.41) is 6.54. The summed E-state index contributed by atoms with van der Waals surface area (Å²) in [6, 6.07) is 13.9. The molecule has 0 spiro atoms. The van der Waals surface area contributed by atoms with Gasteiger partial charge in [-0.2, -0.15) is 4.98 Å². The molecule has 0 aliphatic heterocycles. The second kappa shape index (κ2) is 9.04. The summed E-state index contributed by atoms with van der Waals surface area (Å²) in [5.41, 5.74) is 1.99. The van der Waals surface area contributed by atoms with E-state index >= 15 is 0 Å². The molecule has 0 aliphatic carbocycles. The molecule has 0 radical (unpaired) electrons. The monoisotopic (exact) mass is 418 g/mol. The van der Waals surface area contributed by atoms with Crippen molar-refractivity contribution in [1.29, 1.82) is 0 Å². The van der Waals surface area contributed by atoms with E-state index < -0.39 is 5.91 Å². The lowest BCUT2D eigenvalue weighted by Crippen LogP contribution is -2.23. The highest BCUT2D eigenvalue weighted by Crippen LogP contribution is 2.18. The number of nitrogens with zero attached hydrogens (tertiary/aromatic N) is 3. The Morgan fingerprint density at radius 1 is 1.13 bits per heavy atom. The number of ether oxygens (including phenoxy) is 1. The average molecular weight is 418 g/mol. The maximum Gasteiger partial charge on any atom is 0.316 e. The third kappa shape index (κ3) is 4.84. The van der Waals surface area contributed by atoms with Gasteiger partial charge in [-0.1, -0.05) is 35.5 Å². The average Bonchev–Trinajstić information content (AvgIpc) is 3.29. The standard InChI is InChI=1S/C22H18N4O5/c1-14-19(18(27)9-11-29-14)30-13-15-5-7-16(8-6-15)20-25-22(31-26-20)21(28)24-12-17-4-2-3-10-23-17/h2-11H,12-13H2,1H3,(H,24,28). The maximum absolute atomic E-state index is 12.2. The first kappa shape index (κ1) is 20.0. The Bertz CT molecular complexity index is 1230. The van der Waals surface area contributed by atoms with Crippen LogP contribution in [0.3, 0.4) is 0 Å². The third-order valence-corrected chi connectivity index (χ3v) is 4.38. The molecule has 3 heterocycles. The van der Waals surface area contributed by atoms with E-state index in [0.717, 1.165) is 11.3 Å². The molecule has 0 fully saturated rings. The molecule has 156 valence electrons. The van der Waals surface area contributed by atoms with Crippen LogP contribution in [0.2, 0.25) is 0 Å². The van der Waals surface area contributed by atoms with Crippen LogP contribution < -0.4 is 15.5 Å². The minimum absolute atomic E-state index is 0.135. The molecule has 1 aromatic carbocycles. The largest absolute Gasteiger partial charge is 0.482 e. The Labute approximate surface area is 176 Å². The summed E-state index contributed by atoms with van der Waals surface area (Å²) in [6.07, 6.45) is 2.98. The Morgan fingerprint density at radius 3 is 2.71 bits per heavy atom. The summed E-state index contributed by atoms with van der Waals surface area (Å²) >= 11 is 0. The van der Waals surface area contributed by atoms with Gasteiger partial charge in [-0.05, 0) is 24.6 Å². The zero-order chi connectivity index (χ0) is 21.6. The molecule has 3 aromatic heterocycles. The van der Waals surface area contributed by atoms with E-state index in [1.54, 1.807) is 37.4 Å². The zero-order valence-corrected chi connectivity index (χ0v) is 16.6. The van der Waals surface area contributed by atoms with E-state index in [-0.39, 0.29) is 36.0 Å². The summed E-state index contributed by atoms with van der Waals surface area (Å²) in [5.74, 6) is 0.280. The highest BCUT2D eigenvalue weighted by Gasteiger charge is 2.16. The lowest BCUT2D eigenvalue weighted by atomic mass is 10.1. The van der Waals surface area contributed by atoms with Crippen LogP contribution in [0, 0.1) is 6.92 Å². The molecule has 0 unspecified atom stereocenters. The number of pyridine rings is 1. The molecular formula is C22H18N4O5. The maximum atomic E-state index is 12.2. The van der Waals surface area contributed by atoms with Crippen LogP contribution in [0.15, 0.2) is 74.7 Å². The first-order valence-corrected chi connectivity index (χ1v) is 9.42. The van der Waals surface area contributed by atoms with Crippen molar-refractivity contribution in [3.8, 4) is 17.1 Å². The molecule has 1 amide bonds. The fraction of sp³-hybridized carbons (Fsp3) is 0.136. The number of hydrogen-bond acceptors (Lipinski definition) is 8. The number of hydrogen-bond donors (Lipinski definition) is 1. The Hall–Kier alpha value is -4.27. The molecule has 31 heavy (non-hydrogen) atoms. The van der Waals surface area contributed by atoms with E-state index in [1.165, 1.54) is 12.3 Å². The molecule has 4 aromatic rings. The van der Waals surface area contributed by atoms with Crippen LogP contribution in [0.5, 0.6) is 5.75 Å². The van der Waals surface area contributed by atoms with Gasteiger partial charge >= 0.3 is 11.8 Å². The quantitative estimate of drug-likeness (QED) is 0.486. The van der Waals surface area contributed by atoms with E-state index in [9.17, 15) is 9.59 Å². The van der Waals surface area contributed by atoms with Crippen LogP contribution in [0.4, 0.5) is 0 Å². The Balaban J connectivity index is 1.37. The fourth-order valence-electron chi connectivity index (χ4n) is 2.76. The second-order valence-electron chi connectivity index (χ2n) is 6.58. The number of carbonyl (C=O) groups excluding carboxylic acids is 1. The van der Waals surface area contributed by atoms with Gasteiger partial charge in [0, 0.05) is 17.8 Å². The lowest BCUT2D eigenvalue weighted by Gasteiger charge is -2.07. The Morgan fingerprint density at radius 2 is 1.97 bits per heavy atom. The van der Waals surface area contributed by atoms with E-state index in [0.29, 0.717) is 11.3 Å². The minimum Gasteiger partial charge on any atom is -0.482 e. The van der Waals surface area contributed by atoms with E-state index in [1.807, 2.05) is 18.2 Å². The molecule has 0 saturated carbocycles. The smallest absolute Gasteiger partial charge is 0.316 e. The van der Waals surface area contributed by atoms with Crippen LogP contribution in [-0.4, -0.2) is 21.0 Å². The van der Waals surface area contributed by atoms with Crippen LogP contribution in [0.1, 0.15) is 27.7 Å². The van der Waals surface area contributed by atoms with Crippen LogP contribution in [0.25, 0.3) is 11.4 Å². The van der Waals surface area contributed by atoms with Crippen molar-refractivity contribution >= 4 is 5.91 Å². The number of carbonyl (C=O) groups is 1. The van der Waals surface area contributed by atoms with Gasteiger partial charge in [-0.25, -0.2) is 0 Å². The van der Waals surface area contributed by atoms with Gasteiger partial charge in [-0.15, -0.1) is 0 Å². The predicted octanol–water partition coefficient (Wildman–Crippen LogP) is 2.90. The molecule has 0 saturated heterocycles. The first-order valence-electron chi connectivity index (χ1n) is 9.42. The zero-order valence-electron chi connectivity index (χ0n) is 16.6. The molecule has 4 rings (SSSR count). The van der Waals surface area contributed by atoms with Crippen molar-refractivity contribution < 1.29 is 18.5 Å². The highest BCUT2D eigenvalue weighted by molar-refractivity contribution is 5.89. The summed E-state index contributed by atoms with van der Waals surface area (Å²) < 4.78 is 15.8. The lowest BCUT2D eigenvalue weighted by molar-refractivity contribution is 0.0906. The SMILES string of the molecule is Cc1occc(=O)c1OCc1ccc(-c2noc(C(=O)NCc3ccccn3)n2)cc1. The summed E-state index contributed by atoms with van der Waals surface area (Å²) in [6.45, 7) is 2.12. The van der Waals surface area contributed by atoms with Crippen LogP contribution >= 0.6 is 0 Å². The molecule has 1 N–H and O–H groups in total. The minimum atomic E-state index is -0.480. The topological polar surface area (TPSA) is 120 Å². The number of benzene rings is 1. The van der Waals surface area contributed by atoms with Gasteiger partial charge in [0.05, 0.1) is 18.5 Å². The number of amides is 1. The number of aromatic nitrogens is 3. The number of aryl methyl sites for hydroxylation is 1. The van der Waals surface area contributed by atoms with Gasteiger partial charge in [0.2, 0.25) is 17.0 Å². The molecule has 0 bridgehead atoms. The fourth-order valence-corrected chi connectivity index (χ4v) is 2.76. The van der Waals surface area contributed by atoms with Crippen molar-refractivity contribution in [3.05, 3.63) is 94.1 Å². The third-order valence-electron chi connectivity index (χ3n) is 4.38. The summed E-state index contributed by atoms with van der Waals surface area (Å²) in [7, 11) is 0. The van der Waals surface area contributed by atoms with E-state index in [4.69, 9.17) is 13.7 Å². The predicted molar refractivity (Wildman–Crippen MR) is 109 cm³/mol. The number of rotatable bonds is 7. The van der Waals surface area contributed by atoms with Crippen molar-refractivity contribution in [3.63, 3.8) is 0 Å². The van der Waals surface area contributed by atoms with Gasteiger partial charge < -0.3 is 19.0 Å². The van der Waals surface area contributed by atoms with Crippen LogP contribution in [-0.2, 0) is 13.2 Å². The second-order valence-corrected chi connectivity index (χ2v) is 6.58. The Kier molecular flexibility index (Phi) is 5.84. The molecule has 0 atom stereocenters. The molecule has 9 heteroatoms.